The lowest BCUT2D eigenvalue weighted by Crippen LogP contribution is -2.01. The highest BCUT2D eigenvalue weighted by molar-refractivity contribution is 5.82. The lowest BCUT2D eigenvalue weighted by molar-refractivity contribution is -0.134. The summed E-state index contributed by atoms with van der Waals surface area (Å²) in [4.78, 5) is 10.3. The van der Waals surface area contributed by atoms with E-state index in [4.69, 9.17) is 0 Å². The largest absolute Gasteiger partial charge is 0.466 e. The van der Waals surface area contributed by atoms with E-state index < -0.39 is 12.1 Å². The van der Waals surface area contributed by atoms with E-state index in [1.165, 1.54) is 0 Å². The molecule has 0 spiro atoms. The minimum atomic E-state index is -4.53. The third-order valence-corrected chi connectivity index (χ3v) is 0.718. The van der Waals surface area contributed by atoms with Crippen LogP contribution < -0.4 is 0 Å². The van der Waals surface area contributed by atoms with E-state index in [1.54, 1.807) is 5.92 Å². The molecule has 0 fully saturated rings. The van der Waals surface area contributed by atoms with E-state index >= 15 is 0 Å². The molecule has 0 bridgehead atoms. The highest BCUT2D eigenvalue weighted by Gasteiger charge is 2.22. The molecule has 0 heterocycles. The van der Waals surface area contributed by atoms with Crippen molar-refractivity contribution in [2.24, 2.45) is 0 Å². The highest BCUT2D eigenvalue weighted by Crippen LogP contribution is 2.11. The zero-order chi connectivity index (χ0) is 9.61. The number of carbonyl (C=O) groups is 1. The Balaban J connectivity index is 4.03. The van der Waals surface area contributed by atoms with Gasteiger partial charge in [0.15, 0.2) is 0 Å². The summed E-state index contributed by atoms with van der Waals surface area (Å²) in [6.45, 7) is 0. The standard InChI is InChI=1S/C7H5F3O2/c1-12-6(11)4-2-3-5-7(8,9)10/h2,4H,1H3/b4-2+. The molecule has 0 aliphatic carbocycles. The van der Waals surface area contributed by atoms with Gasteiger partial charge in [0, 0.05) is 12.0 Å². The van der Waals surface area contributed by atoms with Crippen molar-refractivity contribution in [1.82, 2.24) is 0 Å². The van der Waals surface area contributed by atoms with Gasteiger partial charge in [0.2, 0.25) is 0 Å². The lowest BCUT2D eigenvalue weighted by Gasteiger charge is -1.90. The number of methoxy groups -OCH3 is 1. The van der Waals surface area contributed by atoms with Gasteiger partial charge < -0.3 is 4.74 Å². The molecule has 0 aliphatic rings. The molecule has 0 saturated carbocycles. The molecule has 0 atom stereocenters. The van der Waals surface area contributed by atoms with Crippen LogP contribution in [0.2, 0.25) is 0 Å². The smallest absolute Gasteiger partial charge is 0.458 e. The molecule has 66 valence electrons. The fourth-order valence-electron chi connectivity index (χ4n) is 0.301. The third-order valence-electron chi connectivity index (χ3n) is 0.718. The Morgan fingerprint density at radius 2 is 2.08 bits per heavy atom. The van der Waals surface area contributed by atoms with Gasteiger partial charge in [0.1, 0.15) is 0 Å². The number of halogens is 3. The fourth-order valence-corrected chi connectivity index (χ4v) is 0.301. The number of allylic oxidation sites excluding steroid dienone is 1. The summed E-state index contributed by atoms with van der Waals surface area (Å²) >= 11 is 0. The molecular weight excluding hydrogens is 173 g/mol. The Kier molecular flexibility index (Phi) is 3.91. The highest BCUT2D eigenvalue weighted by atomic mass is 19.4. The topological polar surface area (TPSA) is 26.3 Å². The van der Waals surface area contributed by atoms with Crippen LogP contribution in [0.3, 0.4) is 0 Å². The fraction of sp³-hybridized carbons (Fsp3) is 0.286. The van der Waals surface area contributed by atoms with Crippen LogP contribution in [0.1, 0.15) is 0 Å². The SMILES string of the molecule is COC(=O)/C=C/C#CC(F)(F)F. The van der Waals surface area contributed by atoms with Crippen LogP contribution in [-0.4, -0.2) is 19.3 Å². The summed E-state index contributed by atoms with van der Waals surface area (Å²) in [5, 5.41) is 0. The Morgan fingerprint density at radius 3 is 2.50 bits per heavy atom. The first-order valence-corrected chi connectivity index (χ1v) is 2.79. The van der Waals surface area contributed by atoms with Crippen molar-refractivity contribution in [3.05, 3.63) is 12.2 Å². The maximum atomic E-state index is 11.3. The van der Waals surface area contributed by atoms with Crippen molar-refractivity contribution in [3.63, 3.8) is 0 Å². The van der Waals surface area contributed by atoms with Crippen LogP contribution in [-0.2, 0) is 9.53 Å². The Labute approximate surface area is 67.0 Å². The molecule has 0 saturated heterocycles. The van der Waals surface area contributed by atoms with Crippen LogP contribution in [0.5, 0.6) is 0 Å². The molecule has 0 unspecified atom stereocenters. The molecule has 12 heavy (non-hydrogen) atoms. The number of ether oxygens (including phenoxy) is 1. The first-order chi connectivity index (χ1) is 5.45. The second-order valence-corrected chi connectivity index (χ2v) is 1.62. The number of hydrogen-bond donors (Lipinski definition) is 0. The molecule has 0 aromatic carbocycles. The lowest BCUT2D eigenvalue weighted by atomic mass is 10.5. The van der Waals surface area contributed by atoms with Crippen molar-refractivity contribution in [2.45, 2.75) is 6.18 Å². The molecular formula is C7H5F3O2. The van der Waals surface area contributed by atoms with Gasteiger partial charge in [-0.05, 0) is 6.08 Å². The van der Waals surface area contributed by atoms with Gasteiger partial charge in [-0.2, -0.15) is 13.2 Å². The molecule has 0 rings (SSSR count). The van der Waals surface area contributed by atoms with Crippen LogP contribution in [0.4, 0.5) is 13.2 Å². The van der Waals surface area contributed by atoms with E-state index in [2.05, 4.69) is 4.74 Å². The van der Waals surface area contributed by atoms with E-state index in [0.29, 0.717) is 0 Å². The Morgan fingerprint density at radius 1 is 1.50 bits per heavy atom. The Hall–Kier alpha value is -1.44. The zero-order valence-corrected chi connectivity index (χ0v) is 6.11. The van der Waals surface area contributed by atoms with E-state index in [1.807, 2.05) is 0 Å². The average molecular weight is 178 g/mol. The molecule has 0 aromatic rings. The van der Waals surface area contributed by atoms with Gasteiger partial charge in [-0.1, -0.05) is 5.92 Å². The van der Waals surface area contributed by atoms with Crippen molar-refractivity contribution < 1.29 is 22.7 Å². The van der Waals surface area contributed by atoms with Crippen LogP contribution in [0, 0.1) is 11.8 Å². The first kappa shape index (κ1) is 10.6. The van der Waals surface area contributed by atoms with Gasteiger partial charge in [-0.3, -0.25) is 0 Å². The van der Waals surface area contributed by atoms with Crippen LogP contribution >= 0.6 is 0 Å². The van der Waals surface area contributed by atoms with Gasteiger partial charge in [-0.25, -0.2) is 4.79 Å². The van der Waals surface area contributed by atoms with E-state index in [0.717, 1.165) is 25.2 Å². The zero-order valence-electron chi connectivity index (χ0n) is 6.11. The molecule has 2 nitrogen and oxygen atoms in total. The van der Waals surface area contributed by atoms with Crippen LogP contribution in [0.25, 0.3) is 0 Å². The summed E-state index contributed by atoms with van der Waals surface area (Å²) in [6, 6.07) is 0. The van der Waals surface area contributed by atoms with E-state index in [-0.39, 0.29) is 0 Å². The number of hydrogen-bond acceptors (Lipinski definition) is 2. The normalized spacial score (nSPS) is 10.7. The molecule has 0 amide bonds. The van der Waals surface area contributed by atoms with Crippen molar-refractivity contribution in [2.75, 3.05) is 7.11 Å². The van der Waals surface area contributed by atoms with Gasteiger partial charge in [-0.15, -0.1) is 0 Å². The summed E-state index contributed by atoms with van der Waals surface area (Å²) in [5.74, 6) is 1.85. The van der Waals surface area contributed by atoms with Crippen molar-refractivity contribution in [1.29, 1.82) is 0 Å². The average Bonchev–Trinajstić information content (AvgIpc) is 1.96. The molecule has 0 aliphatic heterocycles. The molecule has 0 aromatic heterocycles. The molecule has 5 heteroatoms. The monoisotopic (exact) mass is 178 g/mol. The van der Waals surface area contributed by atoms with Gasteiger partial charge in [0.25, 0.3) is 0 Å². The molecule has 0 radical (unpaired) electrons. The second kappa shape index (κ2) is 4.44. The van der Waals surface area contributed by atoms with Crippen molar-refractivity contribution >= 4 is 5.97 Å². The predicted molar refractivity (Wildman–Crippen MR) is 35.0 cm³/mol. The quantitative estimate of drug-likeness (QED) is 0.343. The van der Waals surface area contributed by atoms with Gasteiger partial charge >= 0.3 is 12.1 Å². The van der Waals surface area contributed by atoms with Gasteiger partial charge in [0.05, 0.1) is 7.11 Å². The van der Waals surface area contributed by atoms with Crippen LogP contribution in [0.15, 0.2) is 12.2 Å². The minimum absolute atomic E-state index is 0.744. The summed E-state index contributed by atoms with van der Waals surface area (Å²) in [5.41, 5.74) is 0. The summed E-state index contributed by atoms with van der Waals surface area (Å²) < 4.78 is 38.1. The second-order valence-electron chi connectivity index (χ2n) is 1.62. The number of esters is 1. The third kappa shape index (κ3) is 6.68. The maximum absolute atomic E-state index is 11.3. The summed E-state index contributed by atoms with van der Waals surface area (Å²) in [6.07, 6.45) is -2.95. The predicted octanol–water partition coefficient (Wildman–Crippen LogP) is 1.28. The summed E-state index contributed by atoms with van der Waals surface area (Å²) in [7, 11) is 1.11. The molecule has 0 N–H and O–H groups in total. The minimum Gasteiger partial charge on any atom is -0.466 e. The van der Waals surface area contributed by atoms with E-state index in [9.17, 15) is 18.0 Å². The Bertz CT molecular complexity index is 242. The number of rotatable bonds is 1. The number of carbonyl (C=O) groups excluding carboxylic acids is 1. The first-order valence-electron chi connectivity index (χ1n) is 2.79. The maximum Gasteiger partial charge on any atom is 0.458 e. The number of alkyl halides is 3. The van der Waals surface area contributed by atoms with Crippen molar-refractivity contribution in [3.8, 4) is 11.8 Å².